The minimum absolute atomic E-state index is 0.0464. The number of fused-ring (bicyclic) bond motifs is 3. The first kappa shape index (κ1) is 20.6. The van der Waals surface area contributed by atoms with Crippen molar-refractivity contribution in [2.45, 2.75) is 52.6 Å². The van der Waals surface area contributed by atoms with E-state index in [-0.39, 0.29) is 18.5 Å². The van der Waals surface area contributed by atoms with Gasteiger partial charge in [-0.2, -0.15) is 17.0 Å². The molecular formula is C19H30N4O5S. The highest BCUT2D eigenvalue weighted by atomic mass is 32.2. The summed E-state index contributed by atoms with van der Waals surface area (Å²) in [6, 6.07) is 0.0765. The SMILES string of the molecule is CC1C(NC(=O)Oc2noc3c2CN(S(=O)(=O)N(C)C)CC3)CC2CC1C2(C)C. The maximum absolute atomic E-state index is 12.5. The van der Waals surface area contributed by atoms with E-state index in [0.29, 0.717) is 47.5 Å². The predicted molar refractivity (Wildman–Crippen MR) is 105 cm³/mol. The molecule has 9 nitrogen and oxygen atoms in total. The Bertz CT molecular complexity index is 910. The van der Waals surface area contributed by atoms with Crippen molar-refractivity contribution in [2.75, 3.05) is 20.6 Å². The van der Waals surface area contributed by atoms with Crippen LogP contribution in [0.2, 0.25) is 0 Å². The van der Waals surface area contributed by atoms with Crippen LogP contribution in [0.3, 0.4) is 0 Å². The molecule has 3 fully saturated rings. The van der Waals surface area contributed by atoms with Crippen LogP contribution in [-0.4, -0.2) is 55.0 Å². The Morgan fingerprint density at radius 1 is 1.34 bits per heavy atom. The molecule has 2 heterocycles. The molecule has 1 N–H and O–H groups in total. The Balaban J connectivity index is 1.42. The normalized spacial score (nSPS) is 31.1. The molecule has 1 aromatic rings. The van der Waals surface area contributed by atoms with Gasteiger partial charge in [0.15, 0.2) is 0 Å². The number of nitrogens with one attached hydrogen (secondary N) is 1. The van der Waals surface area contributed by atoms with Gasteiger partial charge >= 0.3 is 6.09 Å². The lowest BCUT2D eigenvalue weighted by atomic mass is 9.45. The van der Waals surface area contributed by atoms with Gasteiger partial charge in [0.25, 0.3) is 16.1 Å². The van der Waals surface area contributed by atoms with E-state index in [4.69, 9.17) is 9.26 Å². The summed E-state index contributed by atoms with van der Waals surface area (Å²) in [4.78, 5) is 12.5. The maximum Gasteiger partial charge on any atom is 0.414 e. The molecular weight excluding hydrogens is 396 g/mol. The maximum atomic E-state index is 12.5. The molecule has 162 valence electrons. The van der Waals surface area contributed by atoms with Crippen molar-refractivity contribution in [2.24, 2.45) is 23.2 Å². The molecule has 4 unspecified atom stereocenters. The number of ether oxygens (including phenoxy) is 1. The molecule has 1 aromatic heterocycles. The highest BCUT2D eigenvalue weighted by molar-refractivity contribution is 7.86. The van der Waals surface area contributed by atoms with Crippen molar-refractivity contribution in [3.63, 3.8) is 0 Å². The van der Waals surface area contributed by atoms with E-state index in [1.165, 1.54) is 24.8 Å². The van der Waals surface area contributed by atoms with Crippen LogP contribution in [-0.2, 0) is 23.2 Å². The van der Waals surface area contributed by atoms with Gasteiger partial charge in [-0.15, -0.1) is 0 Å². The Kier molecular flexibility index (Phi) is 4.94. The zero-order valence-electron chi connectivity index (χ0n) is 17.6. The van der Waals surface area contributed by atoms with E-state index in [9.17, 15) is 13.2 Å². The van der Waals surface area contributed by atoms with Crippen LogP contribution >= 0.6 is 0 Å². The first-order chi connectivity index (χ1) is 13.5. The number of carbonyl (C=O) groups excluding carboxylic acids is 1. The Morgan fingerprint density at radius 3 is 2.66 bits per heavy atom. The highest BCUT2D eigenvalue weighted by Crippen LogP contribution is 2.61. The average molecular weight is 427 g/mol. The van der Waals surface area contributed by atoms with Gasteiger partial charge < -0.3 is 14.6 Å². The van der Waals surface area contributed by atoms with Crippen molar-refractivity contribution in [3.05, 3.63) is 11.3 Å². The third-order valence-corrected chi connectivity index (χ3v) is 9.28. The molecule has 1 aliphatic heterocycles. The summed E-state index contributed by atoms with van der Waals surface area (Å²) in [5, 5.41) is 6.85. The standard InChI is InChI=1S/C19H30N4O5S/c1-11-14-8-12(19(14,2)3)9-15(11)20-18(24)27-17-13-10-23(29(25,26)22(4)5)7-6-16(13)28-21-17/h11-12,14-15H,6-10H2,1-5H3,(H,20,24). The molecule has 0 aromatic carbocycles. The zero-order valence-corrected chi connectivity index (χ0v) is 18.5. The molecule has 3 saturated carbocycles. The third-order valence-electron chi connectivity index (χ3n) is 7.39. The van der Waals surface area contributed by atoms with E-state index in [1.807, 2.05) is 0 Å². The fraction of sp³-hybridized carbons (Fsp3) is 0.789. The second kappa shape index (κ2) is 6.95. The summed E-state index contributed by atoms with van der Waals surface area (Å²) in [7, 11) is -0.594. The number of nitrogens with zero attached hydrogens (tertiary/aromatic N) is 3. The molecule has 29 heavy (non-hydrogen) atoms. The number of hydrogen-bond acceptors (Lipinski definition) is 6. The Labute approximate surface area is 171 Å². The van der Waals surface area contributed by atoms with E-state index in [1.54, 1.807) is 0 Å². The van der Waals surface area contributed by atoms with Crippen LogP contribution < -0.4 is 10.1 Å². The summed E-state index contributed by atoms with van der Waals surface area (Å²) in [5.41, 5.74) is 0.853. The molecule has 4 atom stereocenters. The monoisotopic (exact) mass is 426 g/mol. The molecule has 4 aliphatic rings. The van der Waals surface area contributed by atoms with Crippen LogP contribution in [0.4, 0.5) is 4.79 Å². The van der Waals surface area contributed by atoms with Gasteiger partial charge in [0.2, 0.25) is 0 Å². The molecule has 0 spiro atoms. The minimum Gasteiger partial charge on any atom is -0.388 e. The van der Waals surface area contributed by atoms with Crippen LogP contribution in [0.25, 0.3) is 0 Å². The van der Waals surface area contributed by atoms with Crippen LogP contribution in [0.15, 0.2) is 4.52 Å². The lowest BCUT2D eigenvalue weighted by Gasteiger charge is -2.62. The van der Waals surface area contributed by atoms with E-state index in [0.717, 1.165) is 10.7 Å². The zero-order chi connectivity index (χ0) is 21.1. The van der Waals surface area contributed by atoms with Gasteiger partial charge in [-0.3, -0.25) is 0 Å². The van der Waals surface area contributed by atoms with Gasteiger partial charge in [-0.25, -0.2) is 4.79 Å². The lowest BCUT2D eigenvalue weighted by Crippen LogP contribution is -2.60. The van der Waals surface area contributed by atoms with Crippen molar-refractivity contribution < 1.29 is 22.5 Å². The smallest absolute Gasteiger partial charge is 0.388 e. The molecule has 3 aliphatic carbocycles. The third kappa shape index (κ3) is 3.34. The summed E-state index contributed by atoms with van der Waals surface area (Å²) in [6.45, 7) is 7.18. The molecule has 10 heteroatoms. The average Bonchev–Trinajstić information content (AvgIpc) is 3.04. The topological polar surface area (TPSA) is 105 Å². The van der Waals surface area contributed by atoms with Crippen LogP contribution in [0, 0.1) is 23.2 Å². The molecule has 0 radical (unpaired) electrons. The van der Waals surface area contributed by atoms with Crippen molar-refractivity contribution in [1.29, 1.82) is 0 Å². The second-order valence-corrected chi connectivity index (χ2v) is 11.5. The van der Waals surface area contributed by atoms with E-state index < -0.39 is 16.3 Å². The first-order valence-electron chi connectivity index (χ1n) is 10.1. The van der Waals surface area contributed by atoms with Crippen molar-refractivity contribution in [1.82, 2.24) is 19.1 Å². The van der Waals surface area contributed by atoms with Gasteiger partial charge in [-0.1, -0.05) is 20.8 Å². The van der Waals surface area contributed by atoms with Crippen LogP contribution in [0.5, 0.6) is 5.88 Å². The second-order valence-electron chi connectivity index (χ2n) is 9.36. The molecule has 2 bridgehead atoms. The molecule has 0 saturated heterocycles. The molecule has 1 amide bonds. The summed E-state index contributed by atoms with van der Waals surface area (Å²) >= 11 is 0. The highest BCUT2D eigenvalue weighted by Gasteiger charge is 2.56. The molecule has 5 rings (SSSR count). The van der Waals surface area contributed by atoms with E-state index >= 15 is 0 Å². The van der Waals surface area contributed by atoms with Crippen molar-refractivity contribution >= 4 is 16.3 Å². The fourth-order valence-corrected chi connectivity index (χ4v) is 6.35. The minimum atomic E-state index is -3.57. The number of aromatic nitrogens is 1. The lowest BCUT2D eigenvalue weighted by molar-refractivity contribution is -0.113. The summed E-state index contributed by atoms with van der Waals surface area (Å²) in [5.74, 6) is 2.22. The first-order valence-corrected chi connectivity index (χ1v) is 11.5. The number of amides is 1. The number of hydrogen-bond donors (Lipinski definition) is 1. The van der Waals surface area contributed by atoms with Gasteiger partial charge in [-0.05, 0) is 41.2 Å². The number of rotatable bonds is 4. The Hall–Kier alpha value is -1.65. The number of carbonyl (C=O) groups is 1. The summed E-state index contributed by atoms with van der Waals surface area (Å²) < 4.78 is 38.0. The van der Waals surface area contributed by atoms with Gasteiger partial charge in [0.05, 0.1) is 5.56 Å². The van der Waals surface area contributed by atoms with Crippen LogP contribution in [0.1, 0.15) is 44.9 Å². The predicted octanol–water partition coefficient (Wildman–Crippen LogP) is 2.00. The summed E-state index contributed by atoms with van der Waals surface area (Å²) in [6.07, 6.45) is 2.00. The van der Waals surface area contributed by atoms with Crippen molar-refractivity contribution in [3.8, 4) is 5.88 Å². The fourth-order valence-electron chi connectivity index (χ4n) is 5.28. The largest absolute Gasteiger partial charge is 0.414 e. The van der Waals surface area contributed by atoms with E-state index in [2.05, 4.69) is 31.2 Å². The van der Waals surface area contributed by atoms with Gasteiger partial charge in [0, 0.05) is 39.6 Å². The van der Waals surface area contributed by atoms with Gasteiger partial charge in [0.1, 0.15) is 5.76 Å². The Morgan fingerprint density at radius 2 is 2.07 bits per heavy atom. The quantitative estimate of drug-likeness (QED) is 0.790.